The number of ether oxygens (including phenoxy) is 1. The minimum Gasteiger partial charge on any atom is -0.381 e. The van der Waals surface area contributed by atoms with Gasteiger partial charge in [0.15, 0.2) is 0 Å². The van der Waals surface area contributed by atoms with Crippen LogP contribution in [0, 0.1) is 0 Å². The molecule has 1 unspecified atom stereocenters. The number of aliphatic imine (C=N–C) groups is 2. The van der Waals surface area contributed by atoms with Crippen LogP contribution in [-0.2, 0) is 4.74 Å². The summed E-state index contributed by atoms with van der Waals surface area (Å²) in [5.41, 5.74) is 2.50. The van der Waals surface area contributed by atoms with E-state index in [-0.39, 0.29) is 29.2 Å². The third-order valence-corrected chi connectivity index (χ3v) is 8.31. The number of benzene rings is 1. The normalized spacial score (nSPS) is 21.8. The zero-order valence-electron chi connectivity index (χ0n) is 21.9. The van der Waals surface area contributed by atoms with Crippen LogP contribution in [0.1, 0.15) is 70.0 Å². The van der Waals surface area contributed by atoms with E-state index in [4.69, 9.17) is 21.3 Å². The first kappa shape index (κ1) is 25.2. The van der Waals surface area contributed by atoms with Crippen LogP contribution in [0.25, 0.3) is 22.2 Å². The van der Waals surface area contributed by atoms with Crippen LogP contribution in [0.4, 0.5) is 5.95 Å². The lowest BCUT2D eigenvalue weighted by atomic mass is 9.88. The van der Waals surface area contributed by atoms with E-state index in [9.17, 15) is 4.79 Å². The lowest BCUT2D eigenvalue weighted by Crippen LogP contribution is -2.29. The molecule has 2 aromatic heterocycles. The van der Waals surface area contributed by atoms with Gasteiger partial charge < -0.3 is 10.1 Å². The standard InChI is InChI=1S/C29H33ClN6O2/c1-29(2)25(31-11-12-33-29)18-7-8-22(24(30)16-18)23-15-19-17-32-28(34-20-9-13-38-14-10-20)35-26(19)36(27(23)37)21-5-3-4-6-21/h7-8,11-12,15-17,20-21,25H,3-6,9-10,13-14H2,1-2H3,(H,32,34,35). The van der Waals surface area contributed by atoms with Gasteiger partial charge in [-0.2, -0.15) is 4.98 Å². The summed E-state index contributed by atoms with van der Waals surface area (Å²) in [7, 11) is 0. The van der Waals surface area contributed by atoms with Gasteiger partial charge in [-0.1, -0.05) is 36.6 Å². The number of rotatable bonds is 5. The number of fused-ring (bicyclic) bond motifs is 1. The van der Waals surface area contributed by atoms with Crippen LogP contribution >= 0.6 is 11.6 Å². The van der Waals surface area contributed by atoms with E-state index in [1.165, 1.54) is 0 Å². The molecule has 0 amide bonds. The maximum absolute atomic E-state index is 14.1. The smallest absolute Gasteiger partial charge is 0.260 e. The Morgan fingerprint density at radius 2 is 1.84 bits per heavy atom. The van der Waals surface area contributed by atoms with Crippen molar-refractivity contribution in [2.24, 2.45) is 9.98 Å². The Hall–Kier alpha value is -3.10. The fraction of sp³-hybridized carbons (Fsp3) is 0.483. The Bertz CT molecular complexity index is 1470. The van der Waals surface area contributed by atoms with Gasteiger partial charge >= 0.3 is 0 Å². The van der Waals surface area contributed by atoms with E-state index < -0.39 is 0 Å². The highest BCUT2D eigenvalue weighted by atomic mass is 35.5. The molecule has 1 saturated carbocycles. The number of hydrogen-bond donors (Lipinski definition) is 1. The van der Waals surface area contributed by atoms with Crippen molar-refractivity contribution >= 4 is 41.0 Å². The third-order valence-electron chi connectivity index (χ3n) is 7.99. The van der Waals surface area contributed by atoms with Crippen molar-refractivity contribution in [3.05, 3.63) is 51.4 Å². The first-order valence-electron chi connectivity index (χ1n) is 13.5. The van der Waals surface area contributed by atoms with Gasteiger partial charge in [0.05, 0.1) is 11.6 Å². The highest BCUT2D eigenvalue weighted by molar-refractivity contribution is 6.33. The van der Waals surface area contributed by atoms with E-state index in [0.29, 0.717) is 27.7 Å². The summed E-state index contributed by atoms with van der Waals surface area (Å²) >= 11 is 6.86. The second-order valence-corrected chi connectivity index (χ2v) is 11.5. The first-order chi connectivity index (χ1) is 18.4. The average Bonchev–Trinajstić information content (AvgIpc) is 3.43. The number of halogens is 1. The molecule has 1 N–H and O–H groups in total. The first-order valence-corrected chi connectivity index (χ1v) is 13.9. The monoisotopic (exact) mass is 532 g/mol. The van der Waals surface area contributed by atoms with E-state index >= 15 is 0 Å². The Morgan fingerprint density at radius 3 is 2.58 bits per heavy atom. The van der Waals surface area contributed by atoms with Gasteiger partial charge in [-0.05, 0) is 57.2 Å². The molecule has 1 aliphatic carbocycles. The molecule has 38 heavy (non-hydrogen) atoms. The van der Waals surface area contributed by atoms with E-state index in [0.717, 1.165) is 62.7 Å². The molecule has 2 fully saturated rings. The van der Waals surface area contributed by atoms with Gasteiger partial charge in [0, 0.05) is 65.5 Å². The lowest BCUT2D eigenvalue weighted by Gasteiger charge is -2.30. The molecule has 6 rings (SSSR count). The molecular weight excluding hydrogens is 500 g/mol. The predicted molar refractivity (Wildman–Crippen MR) is 153 cm³/mol. The summed E-state index contributed by atoms with van der Waals surface area (Å²) in [6.07, 6.45) is 11.3. The maximum Gasteiger partial charge on any atom is 0.260 e. The Balaban J connectivity index is 1.42. The molecule has 8 nitrogen and oxygen atoms in total. The summed E-state index contributed by atoms with van der Waals surface area (Å²) in [4.78, 5) is 32.8. The van der Waals surface area contributed by atoms with Crippen molar-refractivity contribution in [3.8, 4) is 11.1 Å². The molecule has 2 aliphatic heterocycles. The molecule has 1 aromatic carbocycles. The quantitative estimate of drug-likeness (QED) is 0.448. The Labute approximate surface area is 227 Å². The number of anilines is 1. The number of nitrogens with one attached hydrogen (secondary N) is 1. The van der Waals surface area contributed by atoms with Gasteiger partial charge in [0.2, 0.25) is 5.95 Å². The summed E-state index contributed by atoms with van der Waals surface area (Å²) < 4.78 is 7.37. The summed E-state index contributed by atoms with van der Waals surface area (Å²) in [5, 5.41) is 4.80. The molecule has 0 spiro atoms. The van der Waals surface area contributed by atoms with E-state index in [1.807, 2.05) is 35.0 Å². The molecule has 3 aliphatic rings. The minimum absolute atomic E-state index is 0.0598. The third kappa shape index (κ3) is 4.76. The zero-order valence-corrected chi connectivity index (χ0v) is 22.6. The van der Waals surface area contributed by atoms with Crippen molar-refractivity contribution in [2.45, 2.75) is 76.0 Å². The second-order valence-electron chi connectivity index (χ2n) is 11.0. The average molecular weight is 533 g/mol. The molecule has 0 radical (unpaired) electrons. The molecule has 0 bridgehead atoms. The molecule has 198 valence electrons. The Kier molecular flexibility index (Phi) is 6.78. The molecule has 1 atom stereocenters. The fourth-order valence-corrected chi connectivity index (χ4v) is 6.22. The van der Waals surface area contributed by atoms with Crippen molar-refractivity contribution in [1.82, 2.24) is 14.5 Å². The van der Waals surface area contributed by atoms with Crippen molar-refractivity contribution in [2.75, 3.05) is 18.5 Å². The van der Waals surface area contributed by atoms with Crippen LogP contribution in [0.3, 0.4) is 0 Å². The fourth-order valence-electron chi connectivity index (χ4n) is 5.93. The highest BCUT2D eigenvalue weighted by Gasteiger charge is 2.31. The molecule has 9 heteroatoms. The van der Waals surface area contributed by atoms with E-state index in [1.54, 1.807) is 12.4 Å². The SMILES string of the molecule is CC1(C)N=CC=NC1c1ccc(-c2cc3cnc(NC4CCOCC4)nc3n(C3CCCC3)c2=O)c(Cl)c1. The van der Waals surface area contributed by atoms with Crippen LogP contribution in [-0.4, -0.2) is 51.8 Å². The van der Waals surface area contributed by atoms with Gasteiger partial charge in [-0.25, -0.2) is 4.98 Å². The van der Waals surface area contributed by atoms with Crippen molar-refractivity contribution < 1.29 is 4.74 Å². The highest BCUT2D eigenvalue weighted by Crippen LogP contribution is 2.38. The topological polar surface area (TPSA) is 93.8 Å². The Morgan fingerprint density at radius 1 is 1.05 bits per heavy atom. The molecule has 4 heterocycles. The maximum atomic E-state index is 14.1. The van der Waals surface area contributed by atoms with Crippen molar-refractivity contribution in [3.63, 3.8) is 0 Å². The predicted octanol–water partition coefficient (Wildman–Crippen LogP) is 5.79. The zero-order chi connectivity index (χ0) is 26.3. The number of pyridine rings is 1. The summed E-state index contributed by atoms with van der Waals surface area (Å²) in [5.74, 6) is 0.559. The number of nitrogens with zero attached hydrogens (tertiary/aromatic N) is 5. The van der Waals surface area contributed by atoms with Gasteiger partial charge in [0.25, 0.3) is 5.56 Å². The van der Waals surface area contributed by atoms with Crippen LogP contribution in [0.5, 0.6) is 0 Å². The molecule has 3 aromatic rings. The van der Waals surface area contributed by atoms with E-state index in [2.05, 4.69) is 34.1 Å². The largest absolute Gasteiger partial charge is 0.381 e. The van der Waals surface area contributed by atoms with Crippen LogP contribution in [0.15, 0.2) is 45.2 Å². The number of aromatic nitrogens is 3. The molecular formula is C29H33ClN6O2. The van der Waals surface area contributed by atoms with Gasteiger partial charge in [0.1, 0.15) is 5.65 Å². The lowest BCUT2D eigenvalue weighted by molar-refractivity contribution is 0.0903. The molecule has 1 saturated heterocycles. The van der Waals surface area contributed by atoms with Crippen LogP contribution < -0.4 is 10.9 Å². The summed E-state index contributed by atoms with van der Waals surface area (Å²) in [6.45, 7) is 5.58. The van der Waals surface area contributed by atoms with Gasteiger partial charge in [-0.15, -0.1) is 0 Å². The second kappa shape index (κ2) is 10.2. The van der Waals surface area contributed by atoms with Gasteiger partial charge in [-0.3, -0.25) is 19.3 Å². The van der Waals surface area contributed by atoms with Crippen molar-refractivity contribution in [1.29, 1.82) is 0 Å². The summed E-state index contributed by atoms with van der Waals surface area (Å²) in [6, 6.07) is 7.99. The minimum atomic E-state index is -0.370. The number of hydrogen-bond acceptors (Lipinski definition) is 7. The van der Waals surface area contributed by atoms with Crippen LogP contribution in [0.2, 0.25) is 5.02 Å².